The van der Waals surface area contributed by atoms with Gasteiger partial charge >= 0.3 is 6.01 Å². The van der Waals surface area contributed by atoms with Gasteiger partial charge in [-0.1, -0.05) is 18.9 Å². The molecule has 1 rings (SSSR count). The average molecular weight is 255 g/mol. The molecule has 0 aliphatic rings. The minimum Gasteiger partial charge on any atom is -0.407 e. The molecule has 0 radical (unpaired) electrons. The number of likely N-dealkylation sites (N-methyl/N-ethyl adjacent to an activating group) is 1. The van der Waals surface area contributed by atoms with Crippen LogP contribution in [0, 0.1) is 5.92 Å². The fourth-order valence-corrected chi connectivity index (χ4v) is 1.41. The Morgan fingerprint density at radius 2 is 2.22 bits per heavy atom. The lowest BCUT2D eigenvalue weighted by atomic mass is 10.2. The van der Waals surface area contributed by atoms with Gasteiger partial charge in [-0.05, 0) is 19.4 Å². The van der Waals surface area contributed by atoms with Gasteiger partial charge in [0.1, 0.15) is 6.54 Å². The van der Waals surface area contributed by atoms with Crippen molar-refractivity contribution in [3.63, 3.8) is 0 Å². The average Bonchev–Trinajstić information content (AvgIpc) is 2.73. The van der Waals surface area contributed by atoms with E-state index in [0.717, 1.165) is 6.54 Å². The van der Waals surface area contributed by atoms with E-state index in [0.29, 0.717) is 30.9 Å². The van der Waals surface area contributed by atoms with Gasteiger partial charge in [-0.25, -0.2) is 0 Å². The zero-order valence-corrected chi connectivity index (χ0v) is 11.1. The maximum atomic E-state index is 10.9. The highest BCUT2D eigenvalue weighted by molar-refractivity contribution is 5.78. The maximum absolute atomic E-state index is 10.9. The van der Waals surface area contributed by atoms with Crippen LogP contribution in [0.3, 0.4) is 0 Å². The van der Waals surface area contributed by atoms with E-state index in [9.17, 15) is 4.79 Å². The number of amides is 1. The molecule has 7 heteroatoms. The fraction of sp³-hybridized carbons (Fsp3) is 0.727. The quantitative estimate of drug-likeness (QED) is 0.685. The van der Waals surface area contributed by atoms with Crippen molar-refractivity contribution in [3.8, 4) is 0 Å². The van der Waals surface area contributed by atoms with Crippen LogP contribution in [0.2, 0.25) is 0 Å². The van der Waals surface area contributed by atoms with Crippen LogP contribution in [0.1, 0.15) is 26.7 Å². The maximum Gasteiger partial charge on any atom is 0.318 e. The first-order valence-electron chi connectivity index (χ1n) is 6.09. The molecule has 1 heterocycles. The summed E-state index contributed by atoms with van der Waals surface area (Å²) in [7, 11) is 0. The van der Waals surface area contributed by atoms with E-state index in [1.807, 2.05) is 6.92 Å². The molecule has 0 fully saturated rings. The molecule has 18 heavy (non-hydrogen) atoms. The van der Waals surface area contributed by atoms with E-state index in [1.54, 1.807) is 4.90 Å². The van der Waals surface area contributed by atoms with Crippen molar-refractivity contribution < 1.29 is 9.21 Å². The molecule has 0 aliphatic carbocycles. The summed E-state index contributed by atoms with van der Waals surface area (Å²) in [4.78, 5) is 12.5. The molecule has 0 spiro atoms. The lowest BCUT2D eigenvalue weighted by Gasteiger charge is -2.14. The molecule has 0 atom stereocenters. The molecule has 3 N–H and O–H groups in total. The number of carbonyl (C=O) groups is 1. The predicted octanol–water partition coefficient (Wildman–Crippen LogP) is 0.127. The van der Waals surface area contributed by atoms with Crippen molar-refractivity contribution in [3.05, 3.63) is 5.89 Å². The highest BCUT2D eigenvalue weighted by Gasteiger charge is 2.14. The monoisotopic (exact) mass is 255 g/mol. The number of hydrogen-bond acceptors (Lipinski definition) is 6. The third-order valence-corrected chi connectivity index (χ3v) is 2.28. The Labute approximate surface area is 107 Å². The molecule has 0 aliphatic heterocycles. The van der Waals surface area contributed by atoms with Gasteiger partial charge in [0.2, 0.25) is 11.8 Å². The third kappa shape index (κ3) is 4.70. The molecule has 0 bridgehead atoms. The van der Waals surface area contributed by atoms with Gasteiger partial charge in [-0.15, -0.1) is 5.10 Å². The molecule has 7 nitrogen and oxygen atoms in total. The number of carbonyl (C=O) groups excluding carboxylic acids is 1. The van der Waals surface area contributed by atoms with Gasteiger partial charge in [-0.3, -0.25) is 4.79 Å². The lowest BCUT2D eigenvalue weighted by molar-refractivity contribution is -0.116. The van der Waals surface area contributed by atoms with E-state index in [4.69, 9.17) is 10.2 Å². The van der Waals surface area contributed by atoms with Gasteiger partial charge in [-0.2, -0.15) is 0 Å². The number of nitrogens with two attached hydrogens (primary N) is 1. The lowest BCUT2D eigenvalue weighted by Crippen LogP contribution is -2.33. The number of nitrogens with zero attached hydrogens (tertiary/aromatic N) is 3. The number of anilines is 1. The Kier molecular flexibility index (Phi) is 5.57. The molecule has 1 aromatic rings. The van der Waals surface area contributed by atoms with Crippen molar-refractivity contribution in [2.45, 2.75) is 27.3 Å². The van der Waals surface area contributed by atoms with Crippen molar-refractivity contribution in [2.75, 3.05) is 24.5 Å². The molecular weight excluding hydrogens is 234 g/mol. The van der Waals surface area contributed by atoms with E-state index < -0.39 is 5.91 Å². The number of hydrogen-bond donors (Lipinski definition) is 2. The summed E-state index contributed by atoms with van der Waals surface area (Å²) in [6.07, 6.45) is 0. The Bertz CT molecular complexity index is 377. The third-order valence-electron chi connectivity index (χ3n) is 2.28. The summed E-state index contributed by atoms with van der Waals surface area (Å²) in [5.41, 5.74) is 5.14. The molecule has 0 unspecified atom stereocenters. The second-order valence-electron chi connectivity index (χ2n) is 4.48. The van der Waals surface area contributed by atoms with Crippen molar-refractivity contribution >= 4 is 11.9 Å². The van der Waals surface area contributed by atoms with Crippen molar-refractivity contribution in [1.29, 1.82) is 0 Å². The van der Waals surface area contributed by atoms with Gasteiger partial charge < -0.3 is 20.4 Å². The van der Waals surface area contributed by atoms with Crippen LogP contribution in [-0.2, 0) is 11.3 Å². The van der Waals surface area contributed by atoms with Crippen molar-refractivity contribution in [1.82, 2.24) is 15.5 Å². The van der Waals surface area contributed by atoms with Crippen LogP contribution in [0.25, 0.3) is 0 Å². The van der Waals surface area contributed by atoms with Crippen LogP contribution >= 0.6 is 0 Å². The summed E-state index contributed by atoms with van der Waals surface area (Å²) >= 11 is 0. The van der Waals surface area contributed by atoms with Gasteiger partial charge in [0, 0.05) is 6.54 Å². The number of primary amides is 1. The van der Waals surface area contributed by atoms with Gasteiger partial charge in [0.15, 0.2) is 0 Å². The Morgan fingerprint density at radius 1 is 1.50 bits per heavy atom. The summed E-state index contributed by atoms with van der Waals surface area (Å²) in [5, 5.41) is 11.0. The van der Waals surface area contributed by atoms with E-state index in [2.05, 4.69) is 29.4 Å². The second-order valence-corrected chi connectivity index (χ2v) is 4.48. The highest BCUT2D eigenvalue weighted by atomic mass is 16.4. The standard InChI is InChI=1S/C11H21N5O2/c1-4-16(7-9(12)17)11-15-14-10(18-11)6-13-5-8(2)3/h8,13H,4-7H2,1-3H3,(H2,12,17). The van der Waals surface area contributed by atoms with Crippen LogP contribution in [0.4, 0.5) is 6.01 Å². The fourth-order valence-electron chi connectivity index (χ4n) is 1.41. The Morgan fingerprint density at radius 3 is 2.78 bits per heavy atom. The summed E-state index contributed by atoms with van der Waals surface area (Å²) in [6, 6.07) is 0.331. The second kappa shape index (κ2) is 6.95. The minimum atomic E-state index is -0.422. The number of rotatable bonds is 8. The Hall–Kier alpha value is -1.63. The zero-order valence-electron chi connectivity index (χ0n) is 11.1. The smallest absolute Gasteiger partial charge is 0.318 e. The van der Waals surface area contributed by atoms with Crippen LogP contribution in [0.15, 0.2) is 4.42 Å². The first-order chi connectivity index (χ1) is 8.52. The molecule has 102 valence electrons. The topological polar surface area (TPSA) is 97.3 Å². The summed E-state index contributed by atoms with van der Waals surface area (Å²) < 4.78 is 5.45. The summed E-state index contributed by atoms with van der Waals surface area (Å²) in [6.45, 7) is 8.22. The number of nitrogens with one attached hydrogen (secondary N) is 1. The van der Waals surface area contributed by atoms with Crippen LogP contribution in [0.5, 0.6) is 0 Å². The van der Waals surface area contributed by atoms with E-state index in [-0.39, 0.29) is 6.54 Å². The van der Waals surface area contributed by atoms with E-state index in [1.165, 1.54) is 0 Å². The zero-order chi connectivity index (χ0) is 13.5. The largest absolute Gasteiger partial charge is 0.407 e. The molecule has 1 aromatic heterocycles. The molecular formula is C11H21N5O2. The van der Waals surface area contributed by atoms with Gasteiger partial charge in [0.25, 0.3) is 0 Å². The minimum absolute atomic E-state index is 0.0809. The van der Waals surface area contributed by atoms with Gasteiger partial charge in [0.05, 0.1) is 6.54 Å². The normalized spacial score (nSPS) is 10.9. The molecule has 0 saturated heterocycles. The van der Waals surface area contributed by atoms with Crippen LogP contribution < -0.4 is 16.0 Å². The Balaban J connectivity index is 2.52. The molecule has 0 saturated carbocycles. The highest BCUT2D eigenvalue weighted by Crippen LogP contribution is 2.11. The molecule has 1 amide bonds. The summed E-state index contributed by atoms with van der Waals surface area (Å²) in [5.74, 6) is 0.650. The predicted molar refractivity (Wildman–Crippen MR) is 67.9 cm³/mol. The SMILES string of the molecule is CCN(CC(N)=O)c1nnc(CNCC(C)C)o1. The first kappa shape index (κ1) is 14.4. The van der Waals surface area contributed by atoms with Crippen molar-refractivity contribution in [2.24, 2.45) is 11.7 Å². The van der Waals surface area contributed by atoms with E-state index >= 15 is 0 Å². The first-order valence-corrected chi connectivity index (χ1v) is 6.09. The number of aromatic nitrogens is 2. The van der Waals surface area contributed by atoms with Crippen LogP contribution in [-0.4, -0.2) is 35.7 Å². The molecule has 0 aromatic carbocycles.